The van der Waals surface area contributed by atoms with Gasteiger partial charge in [0, 0.05) is 11.1 Å². The number of fused-ring (bicyclic) bond motifs is 2. The molecule has 0 saturated carbocycles. The molecule has 2 nitrogen and oxygen atoms in total. The van der Waals surface area contributed by atoms with Crippen molar-refractivity contribution in [2.75, 3.05) is 0 Å². The van der Waals surface area contributed by atoms with Gasteiger partial charge in [0.1, 0.15) is 0 Å². The summed E-state index contributed by atoms with van der Waals surface area (Å²) in [4.78, 5) is 9.70. The normalized spacial score (nSPS) is 21.1. The van der Waals surface area contributed by atoms with E-state index < -0.39 is 0 Å². The van der Waals surface area contributed by atoms with Crippen LogP contribution in [0.5, 0.6) is 0 Å². The summed E-state index contributed by atoms with van der Waals surface area (Å²) in [6, 6.07) is 8.10. The van der Waals surface area contributed by atoms with E-state index >= 15 is 0 Å². The van der Waals surface area contributed by atoms with Crippen LogP contribution in [0.1, 0.15) is 20.8 Å². The number of aliphatic imine (C=N–C) groups is 2. The third kappa shape index (κ3) is 2.19. The summed E-state index contributed by atoms with van der Waals surface area (Å²) < 4.78 is 0. The summed E-state index contributed by atoms with van der Waals surface area (Å²) >= 11 is 0. The number of allylic oxidation sites excluding steroid dienone is 4. The standard InChI is InChI=1S/C17H18N2/c1-17(2,3)16-12-8-4-5-9-13(12)18-14-10-6-7-11-15(14)19-16/h4-12H,1-3H3. The highest BCUT2D eigenvalue weighted by atomic mass is 14.9. The van der Waals surface area contributed by atoms with E-state index in [0.717, 1.165) is 17.1 Å². The van der Waals surface area contributed by atoms with Gasteiger partial charge in [-0.2, -0.15) is 0 Å². The largest absolute Gasteiger partial charge is 0.254 e. The van der Waals surface area contributed by atoms with E-state index in [4.69, 9.17) is 9.98 Å². The summed E-state index contributed by atoms with van der Waals surface area (Å²) in [6.45, 7) is 6.64. The third-order valence-electron chi connectivity index (χ3n) is 3.44. The number of benzene rings is 1. The molecule has 0 amide bonds. The zero-order valence-corrected chi connectivity index (χ0v) is 11.6. The molecule has 1 atom stereocenters. The van der Waals surface area contributed by atoms with Gasteiger partial charge in [0.05, 0.1) is 23.0 Å². The molecule has 1 aliphatic heterocycles. The van der Waals surface area contributed by atoms with Crippen LogP contribution in [0.2, 0.25) is 0 Å². The van der Waals surface area contributed by atoms with Crippen LogP contribution < -0.4 is 0 Å². The smallest absolute Gasteiger partial charge is 0.0889 e. The maximum absolute atomic E-state index is 4.91. The predicted octanol–water partition coefficient (Wildman–Crippen LogP) is 4.63. The first-order valence-corrected chi connectivity index (χ1v) is 6.67. The van der Waals surface area contributed by atoms with Crippen molar-refractivity contribution in [3.8, 4) is 0 Å². The highest BCUT2D eigenvalue weighted by Gasteiger charge is 2.31. The number of nitrogens with zero attached hydrogens (tertiary/aromatic N) is 2. The summed E-state index contributed by atoms with van der Waals surface area (Å²) in [5.41, 5.74) is 4.22. The molecule has 19 heavy (non-hydrogen) atoms. The van der Waals surface area contributed by atoms with Crippen molar-refractivity contribution in [3.63, 3.8) is 0 Å². The fourth-order valence-electron chi connectivity index (χ4n) is 2.50. The van der Waals surface area contributed by atoms with Gasteiger partial charge >= 0.3 is 0 Å². The number of hydrogen-bond acceptors (Lipinski definition) is 2. The van der Waals surface area contributed by atoms with Crippen LogP contribution in [0.4, 0.5) is 11.4 Å². The quantitative estimate of drug-likeness (QED) is 0.641. The highest BCUT2D eigenvalue weighted by molar-refractivity contribution is 6.18. The zero-order chi connectivity index (χ0) is 13.5. The lowest BCUT2D eigenvalue weighted by Crippen LogP contribution is -2.32. The molecule has 0 bridgehead atoms. The first kappa shape index (κ1) is 12.1. The molecule has 2 heteroatoms. The monoisotopic (exact) mass is 250 g/mol. The Morgan fingerprint density at radius 3 is 2.32 bits per heavy atom. The third-order valence-corrected chi connectivity index (χ3v) is 3.44. The van der Waals surface area contributed by atoms with E-state index in [1.807, 2.05) is 30.3 Å². The van der Waals surface area contributed by atoms with Crippen molar-refractivity contribution in [2.24, 2.45) is 21.3 Å². The molecule has 1 aromatic carbocycles. The van der Waals surface area contributed by atoms with Gasteiger partial charge in [0.15, 0.2) is 0 Å². The van der Waals surface area contributed by atoms with Crippen molar-refractivity contribution >= 4 is 22.8 Å². The Morgan fingerprint density at radius 1 is 0.947 bits per heavy atom. The van der Waals surface area contributed by atoms with Crippen LogP contribution >= 0.6 is 0 Å². The molecule has 1 aromatic rings. The molecule has 1 aliphatic carbocycles. The van der Waals surface area contributed by atoms with Crippen molar-refractivity contribution in [1.82, 2.24) is 0 Å². The van der Waals surface area contributed by atoms with Crippen molar-refractivity contribution < 1.29 is 0 Å². The van der Waals surface area contributed by atoms with Gasteiger partial charge in [0.25, 0.3) is 0 Å². The Hall–Kier alpha value is -1.96. The Balaban J connectivity index is 2.25. The molecule has 0 radical (unpaired) electrons. The molecule has 0 N–H and O–H groups in total. The molecule has 0 aromatic heterocycles. The molecular weight excluding hydrogens is 232 g/mol. The van der Waals surface area contributed by atoms with Crippen molar-refractivity contribution in [1.29, 1.82) is 0 Å². The lowest BCUT2D eigenvalue weighted by molar-refractivity contribution is 0.575. The Bertz CT molecular complexity index is 625. The molecule has 2 aliphatic rings. The van der Waals surface area contributed by atoms with Crippen molar-refractivity contribution in [2.45, 2.75) is 20.8 Å². The summed E-state index contributed by atoms with van der Waals surface area (Å²) in [6.07, 6.45) is 8.41. The maximum Gasteiger partial charge on any atom is 0.0889 e. The summed E-state index contributed by atoms with van der Waals surface area (Å²) in [5, 5.41) is 0. The fourth-order valence-corrected chi connectivity index (χ4v) is 2.50. The molecule has 0 spiro atoms. The second-order valence-electron chi connectivity index (χ2n) is 5.99. The molecule has 0 saturated heterocycles. The average molecular weight is 250 g/mol. The van der Waals surface area contributed by atoms with Gasteiger partial charge in [-0.15, -0.1) is 0 Å². The lowest BCUT2D eigenvalue weighted by atomic mass is 9.78. The fraction of sp³-hybridized carbons (Fsp3) is 0.294. The highest BCUT2D eigenvalue weighted by Crippen LogP contribution is 2.37. The van der Waals surface area contributed by atoms with Gasteiger partial charge < -0.3 is 0 Å². The van der Waals surface area contributed by atoms with Crippen molar-refractivity contribution in [3.05, 3.63) is 48.6 Å². The summed E-state index contributed by atoms with van der Waals surface area (Å²) in [7, 11) is 0. The predicted molar refractivity (Wildman–Crippen MR) is 81.9 cm³/mol. The minimum Gasteiger partial charge on any atom is -0.254 e. The van der Waals surface area contributed by atoms with E-state index in [-0.39, 0.29) is 11.3 Å². The lowest BCUT2D eigenvalue weighted by Gasteiger charge is -2.27. The Labute approximate surface area is 114 Å². The van der Waals surface area contributed by atoms with Crippen LogP contribution in [-0.2, 0) is 0 Å². The Morgan fingerprint density at radius 2 is 1.63 bits per heavy atom. The first-order chi connectivity index (χ1) is 9.05. The van der Waals surface area contributed by atoms with Gasteiger partial charge in [-0.05, 0) is 18.2 Å². The molecule has 0 fully saturated rings. The molecule has 96 valence electrons. The number of rotatable bonds is 0. The van der Waals surface area contributed by atoms with E-state index in [1.165, 1.54) is 5.71 Å². The molecular formula is C17H18N2. The topological polar surface area (TPSA) is 24.7 Å². The van der Waals surface area contributed by atoms with Crippen LogP contribution in [0.15, 0.2) is 58.6 Å². The molecule has 1 unspecified atom stereocenters. The number of para-hydroxylation sites is 2. The van der Waals surface area contributed by atoms with Crippen LogP contribution in [0.25, 0.3) is 0 Å². The van der Waals surface area contributed by atoms with Gasteiger partial charge in [-0.25, -0.2) is 0 Å². The van der Waals surface area contributed by atoms with E-state index in [9.17, 15) is 0 Å². The van der Waals surface area contributed by atoms with E-state index in [2.05, 4.69) is 39.0 Å². The second kappa shape index (κ2) is 4.30. The zero-order valence-electron chi connectivity index (χ0n) is 11.6. The van der Waals surface area contributed by atoms with Crippen LogP contribution in [0.3, 0.4) is 0 Å². The summed E-state index contributed by atoms with van der Waals surface area (Å²) in [5.74, 6) is 0.192. The molecule has 1 heterocycles. The average Bonchev–Trinajstić information content (AvgIpc) is 2.54. The minimum atomic E-state index is 0.0262. The minimum absolute atomic E-state index is 0.0262. The maximum atomic E-state index is 4.91. The van der Waals surface area contributed by atoms with E-state index in [1.54, 1.807) is 0 Å². The van der Waals surface area contributed by atoms with E-state index in [0.29, 0.717) is 0 Å². The SMILES string of the molecule is CC(C)(C)C1=Nc2ccccc2N=C2C=CC=CC21. The van der Waals surface area contributed by atoms with Gasteiger partial charge in [-0.3, -0.25) is 9.98 Å². The van der Waals surface area contributed by atoms with Gasteiger partial charge in [0.2, 0.25) is 0 Å². The first-order valence-electron chi connectivity index (χ1n) is 6.67. The Kier molecular flexibility index (Phi) is 2.74. The van der Waals surface area contributed by atoms with Crippen LogP contribution in [-0.4, -0.2) is 11.4 Å². The van der Waals surface area contributed by atoms with Gasteiger partial charge in [-0.1, -0.05) is 51.1 Å². The number of hydrogen-bond donors (Lipinski definition) is 0. The molecule has 3 rings (SSSR count). The second-order valence-corrected chi connectivity index (χ2v) is 5.99. The van der Waals surface area contributed by atoms with Crippen LogP contribution in [0, 0.1) is 11.3 Å².